The molecule has 0 aliphatic rings. The lowest BCUT2D eigenvalue weighted by Gasteiger charge is -2.19. The van der Waals surface area contributed by atoms with Crippen molar-refractivity contribution in [2.24, 2.45) is 0 Å². The van der Waals surface area contributed by atoms with Gasteiger partial charge in [-0.3, -0.25) is 0 Å². The average Bonchev–Trinajstić information content (AvgIpc) is 3.01. The molecule has 0 spiro atoms. The van der Waals surface area contributed by atoms with Crippen molar-refractivity contribution < 1.29 is 9.13 Å². The number of fused-ring (bicyclic) bond motifs is 1. The number of benzene rings is 2. The molecule has 1 aromatic heterocycles. The van der Waals surface area contributed by atoms with Gasteiger partial charge in [0.25, 0.3) is 0 Å². The maximum Gasteiger partial charge on any atom is 0.121 e. The van der Waals surface area contributed by atoms with E-state index in [1.54, 1.807) is 13.8 Å². The molecule has 3 aromatic rings. The zero-order valence-electron chi connectivity index (χ0n) is 15.7. The summed E-state index contributed by atoms with van der Waals surface area (Å²) in [6.45, 7) is 6.18. The molecule has 0 unspecified atom stereocenters. The number of alkyl halides is 1. The maximum atomic E-state index is 13.6. The van der Waals surface area contributed by atoms with Crippen LogP contribution in [-0.2, 0) is 13.0 Å². The first-order chi connectivity index (χ1) is 12.4. The van der Waals surface area contributed by atoms with Gasteiger partial charge in [0, 0.05) is 35.8 Å². The van der Waals surface area contributed by atoms with Crippen LogP contribution >= 0.6 is 0 Å². The van der Waals surface area contributed by atoms with Crippen LogP contribution in [0, 0.1) is 0 Å². The number of halogens is 1. The first-order valence-electron chi connectivity index (χ1n) is 9.10. The molecule has 0 aliphatic carbocycles. The second kappa shape index (κ2) is 7.92. The lowest BCUT2D eigenvalue weighted by atomic mass is 10.0. The second-order valence-electron chi connectivity index (χ2n) is 7.50. The highest BCUT2D eigenvalue weighted by Gasteiger charge is 2.17. The molecule has 0 bridgehead atoms. The van der Waals surface area contributed by atoms with Gasteiger partial charge in [0.05, 0.1) is 0 Å². The summed E-state index contributed by atoms with van der Waals surface area (Å²) < 4.78 is 19.5. The molecule has 0 amide bonds. The third-order valence-electron chi connectivity index (χ3n) is 4.38. The predicted molar refractivity (Wildman–Crippen MR) is 105 cm³/mol. The van der Waals surface area contributed by atoms with Gasteiger partial charge in [0.2, 0.25) is 0 Å². The van der Waals surface area contributed by atoms with Crippen molar-refractivity contribution in [3.63, 3.8) is 0 Å². The van der Waals surface area contributed by atoms with Crippen molar-refractivity contribution in [3.8, 4) is 5.75 Å². The van der Waals surface area contributed by atoms with Crippen LogP contribution in [0.4, 0.5) is 4.39 Å². The van der Waals surface area contributed by atoms with Crippen molar-refractivity contribution in [3.05, 3.63) is 65.9 Å². The topological polar surface area (TPSA) is 37.0 Å². The summed E-state index contributed by atoms with van der Waals surface area (Å²) in [6.07, 6.45) is 2.88. The Bertz CT molecular complexity index is 836. The minimum absolute atomic E-state index is 0.207. The summed E-state index contributed by atoms with van der Waals surface area (Å²) in [5.74, 6) is 0.847. The highest BCUT2D eigenvalue weighted by Crippen LogP contribution is 2.25. The van der Waals surface area contributed by atoms with E-state index in [2.05, 4.69) is 35.4 Å². The van der Waals surface area contributed by atoms with Crippen LogP contribution in [0.2, 0.25) is 0 Å². The van der Waals surface area contributed by atoms with Crippen LogP contribution in [0.1, 0.15) is 31.9 Å². The molecular weight excluding hydrogens is 327 g/mol. The molecule has 138 valence electrons. The van der Waals surface area contributed by atoms with E-state index in [4.69, 9.17) is 4.74 Å². The number of hydrogen-bond donors (Lipinski definition) is 2. The molecule has 26 heavy (non-hydrogen) atoms. The lowest BCUT2D eigenvalue weighted by molar-refractivity contribution is 0.204. The van der Waals surface area contributed by atoms with Gasteiger partial charge in [-0.25, -0.2) is 4.39 Å². The summed E-state index contributed by atoms with van der Waals surface area (Å²) in [7, 11) is 0. The number of rotatable bonds is 8. The third kappa shape index (κ3) is 5.09. The van der Waals surface area contributed by atoms with Gasteiger partial charge in [-0.2, -0.15) is 0 Å². The van der Waals surface area contributed by atoms with E-state index in [0.717, 1.165) is 23.3 Å². The van der Waals surface area contributed by atoms with Gasteiger partial charge in [-0.15, -0.1) is 0 Å². The number of nitrogens with one attached hydrogen (secondary N) is 2. The van der Waals surface area contributed by atoms with Crippen LogP contribution in [-0.4, -0.2) is 23.2 Å². The number of aromatic amines is 1. The fourth-order valence-electron chi connectivity index (χ4n) is 2.98. The fraction of sp³-hybridized carbons (Fsp3) is 0.364. The Morgan fingerprint density at radius 1 is 1.15 bits per heavy atom. The maximum absolute atomic E-state index is 13.6. The van der Waals surface area contributed by atoms with Crippen LogP contribution in [0.15, 0.2) is 54.7 Å². The van der Waals surface area contributed by atoms with Crippen molar-refractivity contribution in [1.29, 1.82) is 0 Å². The van der Waals surface area contributed by atoms with E-state index in [9.17, 15) is 4.39 Å². The largest absolute Gasteiger partial charge is 0.489 e. The quantitative estimate of drug-likeness (QED) is 0.596. The van der Waals surface area contributed by atoms with Crippen LogP contribution in [0.5, 0.6) is 5.75 Å². The SMILES string of the molecule is C[C@H](Cc1c[nH]c2cc(OCc3ccccc3)ccc12)NCC(C)(C)F. The Morgan fingerprint density at radius 3 is 2.65 bits per heavy atom. The van der Waals surface area contributed by atoms with E-state index in [1.807, 2.05) is 36.5 Å². The van der Waals surface area contributed by atoms with Crippen LogP contribution in [0.25, 0.3) is 10.9 Å². The monoisotopic (exact) mass is 354 g/mol. The van der Waals surface area contributed by atoms with Gasteiger partial charge in [0.1, 0.15) is 18.0 Å². The second-order valence-corrected chi connectivity index (χ2v) is 7.50. The Morgan fingerprint density at radius 2 is 1.92 bits per heavy atom. The van der Waals surface area contributed by atoms with E-state index in [1.165, 1.54) is 10.9 Å². The van der Waals surface area contributed by atoms with Gasteiger partial charge < -0.3 is 15.0 Å². The number of ether oxygens (including phenoxy) is 1. The summed E-state index contributed by atoms with van der Waals surface area (Å²) in [4.78, 5) is 3.32. The van der Waals surface area contributed by atoms with Gasteiger partial charge >= 0.3 is 0 Å². The van der Waals surface area contributed by atoms with E-state index in [0.29, 0.717) is 13.2 Å². The van der Waals surface area contributed by atoms with Crippen molar-refractivity contribution in [1.82, 2.24) is 10.3 Å². The third-order valence-corrected chi connectivity index (χ3v) is 4.38. The fourth-order valence-corrected chi connectivity index (χ4v) is 2.98. The summed E-state index contributed by atoms with van der Waals surface area (Å²) in [6, 6.07) is 16.5. The molecule has 3 nitrogen and oxygen atoms in total. The highest BCUT2D eigenvalue weighted by atomic mass is 19.1. The molecule has 0 saturated carbocycles. The number of H-pyrrole nitrogens is 1. The Labute approximate surface area is 154 Å². The summed E-state index contributed by atoms with van der Waals surface area (Å²) in [5.41, 5.74) is 2.24. The average molecular weight is 354 g/mol. The number of aromatic nitrogens is 1. The first kappa shape index (κ1) is 18.5. The highest BCUT2D eigenvalue weighted by molar-refractivity contribution is 5.84. The molecule has 1 atom stereocenters. The molecule has 2 N–H and O–H groups in total. The van der Waals surface area contributed by atoms with Crippen molar-refractivity contribution in [2.45, 2.75) is 45.5 Å². The molecule has 0 saturated heterocycles. The molecule has 0 fully saturated rings. The van der Waals surface area contributed by atoms with E-state index >= 15 is 0 Å². The molecule has 4 heteroatoms. The minimum atomic E-state index is -1.19. The van der Waals surface area contributed by atoms with Crippen LogP contribution < -0.4 is 10.1 Å². The van der Waals surface area contributed by atoms with E-state index < -0.39 is 5.67 Å². The summed E-state index contributed by atoms with van der Waals surface area (Å²) >= 11 is 0. The molecular formula is C22H27FN2O. The number of hydrogen-bond acceptors (Lipinski definition) is 2. The normalized spacial score (nSPS) is 13.1. The minimum Gasteiger partial charge on any atom is -0.489 e. The van der Waals surface area contributed by atoms with E-state index in [-0.39, 0.29) is 6.04 Å². The molecule has 0 radical (unpaired) electrons. The first-order valence-corrected chi connectivity index (χ1v) is 9.10. The van der Waals surface area contributed by atoms with Gasteiger partial charge in [-0.1, -0.05) is 30.3 Å². The smallest absolute Gasteiger partial charge is 0.121 e. The zero-order chi connectivity index (χ0) is 18.6. The Kier molecular flexibility index (Phi) is 5.62. The molecule has 2 aromatic carbocycles. The Hall–Kier alpha value is -2.33. The summed E-state index contributed by atoms with van der Waals surface area (Å²) in [5, 5.41) is 4.45. The Balaban J connectivity index is 1.63. The molecule has 0 aliphatic heterocycles. The van der Waals surface area contributed by atoms with Gasteiger partial charge in [-0.05, 0) is 50.5 Å². The predicted octanol–water partition coefficient (Wildman–Crippen LogP) is 5.02. The molecule has 3 rings (SSSR count). The van der Waals surface area contributed by atoms with Crippen molar-refractivity contribution >= 4 is 10.9 Å². The standard InChI is InChI=1S/C22H27FN2O/c1-16(25-15-22(2,3)23)11-18-13-24-21-12-19(9-10-20(18)21)26-14-17-7-5-4-6-8-17/h4-10,12-13,16,24-25H,11,14-15H2,1-3H3/t16-/m1/s1. The van der Waals surface area contributed by atoms with Crippen molar-refractivity contribution in [2.75, 3.05) is 6.54 Å². The van der Waals surface area contributed by atoms with Crippen LogP contribution in [0.3, 0.4) is 0 Å². The molecule has 1 heterocycles. The zero-order valence-corrected chi connectivity index (χ0v) is 15.7. The van der Waals surface area contributed by atoms with Gasteiger partial charge in [0.15, 0.2) is 0 Å². The lowest BCUT2D eigenvalue weighted by Crippen LogP contribution is -2.37.